The molecule has 0 atom stereocenters. The van der Waals surface area contributed by atoms with Crippen LogP contribution in [0.1, 0.15) is 31.2 Å². The van der Waals surface area contributed by atoms with Gasteiger partial charge in [0.05, 0.1) is 6.54 Å². The SMILES string of the molecule is Cc1cccc(OCCNc2cc(N)nc(C(C)C)n2)c1. The summed E-state index contributed by atoms with van der Waals surface area (Å²) in [4.78, 5) is 8.65. The van der Waals surface area contributed by atoms with Gasteiger partial charge in [-0.25, -0.2) is 9.97 Å². The number of hydrogen-bond donors (Lipinski definition) is 2. The number of ether oxygens (including phenoxy) is 1. The van der Waals surface area contributed by atoms with Gasteiger partial charge in [0.25, 0.3) is 0 Å². The van der Waals surface area contributed by atoms with Gasteiger partial charge in [-0.2, -0.15) is 0 Å². The molecule has 0 aliphatic heterocycles. The fourth-order valence-electron chi connectivity index (χ4n) is 1.89. The van der Waals surface area contributed by atoms with Crippen molar-refractivity contribution in [2.24, 2.45) is 0 Å². The van der Waals surface area contributed by atoms with Crippen LogP contribution in [0.2, 0.25) is 0 Å². The first-order chi connectivity index (χ1) is 10.0. The fraction of sp³-hybridized carbons (Fsp3) is 0.375. The van der Waals surface area contributed by atoms with Gasteiger partial charge in [0.15, 0.2) is 0 Å². The second-order valence-electron chi connectivity index (χ2n) is 5.28. The smallest absolute Gasteiger partial charge is 0.135 e. The molecule has 2 aromatic rings. The first-order valence-electron chi connectivity index (χ1n) is 7.12. The summed E-state index contributed by atoms with van der Waals surface area (Å²) in [5.74, 6) is 3.09. The average molecular weight is 286 g/mol. The molecule has 1 aromatic heterocycles. The Morgan fingerprint density at radius 3 is 2.76 bits per heavy atom. The number of rotatable bonds is 6. The van der Waals surface area contributed by atoms with Crippen molar-refractivity contribution >= 4 is 11.6 Å². The maximum atomic E-state index is 5.79. The Bertz CT molecular complexity index is 599. The van der Waals surface area contributed by atoms with Crippen molar-refractivity contribution in [2.45, 2.75) is 26.7 Å². The van der Waals surface area contributed by atoms with E-state index in [0.29, 0.717) is 19.0 Å². The number of anilines is 2. The fourth-order valence-corrected chi connectivity index (χ4v) is 1.89. The lowest BCUT2D eigenvalue weighted by Crippen LogP contribution is -2.14. The van der Waals surface area contributed by atoms with Gasteiger partial charge < -0.3 is 15.8 Å². The molecule has 0 spiro atoms. The van der Waals surface area contributed by atoms with Crippen molar-refractivity contribution < 1.29 is 4.74 Å². The number of benzene rings is 1. The predicted octanol–water partition coefficient (Wildman–Crippen LogP) is 2.98. The highest BCUT2D eigenvalue weighted by Gasteiger charge is 2.06. The first kappa shape index (κ1) is 15.1. The van der Waals surface area contributed by atoms with E-state index in [4.69, 9.17) is 10.5 Å². The van der Waals surface area contributed by atoms with E-state index < -0.39 is 0 Å². The van der Waals surface area contributed by atoms with Crippen LogP contribution >= 0.6 is 0 Å². The molecule has 0 unspecified atom stereocenters. The van der Waals surface area contributed by atoms with Crippen LogP contribution in [0.3, 0.4) is 0 Å². The Morgan fingerprint density at radius 1 is 1.24 bits per heavy atom. The molecule has 1 heterocycles. The van der Waals surface area contributed by atoms with E-state index in [1.165, 1.54) is 5.56 Å². The molecule has 0 saturated carbocycles. The number of nitrogen functional groups attached to an aromatic ring is 1. The van der Waals surface area contributed by atoms with Gasteiger partial charge in [0, 0.05) is 12.0 Å². The number of nitrogens with one attached hydrogen (secondary N) is 1. The molecule has 0 bridgehead atoms. The first-order valence-corrected chi connectivity index (χ1v) is 7.12. The van der Waals surface area contributed by atoms with E-state index in [9.17, 15) is 0 Å². The van der Waals surface area contributed by atoms with E-state index in [0.717, 1.165) is 17.4 Å². The van der Waals surface area contributed by atoms with E-state index in [1.54, 1.807) is 6.07 Å². The van der Waals surface area contributed by atoms with E-state index in [2.05, 4.69) is 15.3 Å². The summed E-state index contributed by atoms with van der Waals surface area (Å²) in [6.07, 6.45) is 0. The van der Waals surface area contributed by atoms with E-state index in [1.807, 2.05) is 45.0 Å². The second-order valence-corrected chi connectivity index (χ2v) is 5.28. The third kappa shape index (κ3) is 4.63. The van der Waals surface area contributed by atoms with Crippen LogP contribution < -0.4 is 15.8 Å². The monoisotopic (exact) mass is 286 g/mol. The third-order valence-electron chi connectivity index (χ3n) is 2.95. The largest absolute Gasteiger partial charge is 0.492 e. The quantitative estimate of drug-likeness (QED) is 0.799. The molecule has 2 rings (SSSR count). The zero-order valence-electron chi connectivity index (χ0n) is 12.8. The Hall–Kier alpha value is -2.30. The van der Waals surface area contributed by atoms with Crippen LogP contribution in [0.25, 0.3) is 0 Å². The van der Waals surface area contributed by atoms with Crippen molar-refractivity contribution in [2.75, 3.05) is 24.2 Å². The highest BCUT2D eigenvalue weighted by atomic mass is 16.5. The topological polar surface area (TPSA) is 73.1 Å². The van der Waals surface area contributed by atoms with E-state index in [-0.39, 0.29) is 5.92 Å². The Morgan fingerprint density at radius 2 is 2.05 bits per heavy atom. The highest BCUT2D eigenvalue weighted by Crippen LogP contribution is 2.15. The third-order valence-corrected chi connectivity index (χ3v) is 2.95. The summed E-state index contributed by atoms with van der Waals surface area (Å²) in [7, 11) is 0. The van der Waals surface area contributed by atoms with Gasteiger partial charge in [0.2, 0.25) is 0 Å². The summed E-state index contributed by atoms with van der Waals surface area (Å²) in [6, 6.07) is 9.73. The molecule has 112 valence electrons. The summed E-state index contributed by atoms with van der Waals surface area (Å²) < 4.78 is 5.68. The van der Waals surface area contributed by atoms with Crippen LogP contribution in [0.5, 0.6) is 5.75 Å². The molecule has 0 saturated heterocycles. The maximum Gasteiger partial charge on any atom is 0.135 e. The van der Waals surface area contributed by atoms with Gasteiger partial charge in [-0.3, -0.25) is 0 Å². The number of nitrogens with two attached hydrogens (primary N) is 1. The second kappa shape index (κ2) is 6.92. The van der Waals surface area contributed by atoms with Crippen LogP contribution in [-0.4, -0.2) is 23.1 Å². The van der Waals surface area contributed by atoms with Gasteiger partial charge in [-0.1, -0.05) is 26.0 Å². The number of aryl methyl sites for hydroxylation is 1. The van der Waals surface area contributed by atoms with Crippen molar-refractivity contribution in [3.63, 3.8) is 0 Å². The van der Waals surface area contributed by atoms with Gasteiger partial charge in [-0.15, -0.1) is 0 Å². The van der Waals surface area contributed by atoms with Gasteiger partial charge in [-0.05, 0) is 24.6 Å². The van der Waals surface area contributed by atoms with Crippen LogP contribution in [0.15, 0.2) is 30.3 Å². The number of nitrogens with zero attached hydrogens (tertiary/aromatic N) is 2. The van der Waals surface area contributed by atoms with Crippen LogP contribution in [0.4, 0.5) is 11.6 Å². The molecular weight excluding hydrogens is 264 g/mol. The molecular formula is C16H22N4O. The minimum Gasteiger partial charge on any atom is -0.492 e. The molecule has 0 radical (unpaired) electrons. The van der Waals surface area contributed by atoms with Gasteiger partial charge in [0.1, 0.15) is 29.8 Å². The van der Waals surface area contributed by atoms with Crippen LogP contribution in [-0.2, 0) is 0 Å². The minimum absolute atomic E-state index is 0.248. The standard InChI is InChI=1S/C16H22N4O/c1-11(2)16-19-14(17)10-15(20-16)18-7-8-21-13-6-4-5-12(3)9-13/h4-6,9-11H,7-8H2,1-3H3,(H3,17,18,19,20). The lowest BCUT2D eigenvalue weighted by molar-refractivity contribution is 0.332. The predicted molar refractivity (Wildman–Crippen MR) is 85.7 cm³/mol. The van der Waals surface area contributed by atoms with E-state index >= 15 is 0 Å². The summed E-state index contributed by atoms with van der Waals surface area (Å²) in [5, 5.41) is 3.21. The summed E-state index contributed by atoms with van der Waals surface area (Å²) >= 11 is 0. The molecule has 0 fully saturated rings. The van der Waals surface area contributed by atoms with Gasteiger partial charge >= 0.3 is 0 Å². The van der Waals surface area contributed by atoms with Crippen molar-refractivity contribution in [1.29, 1.82) is 0 Å². The lowest BCUT2D eigenvalue weighted by atomic mass is 10.2. The molecule has 0 aliphatic rings. The molecule has 5 heteroatoms. The van der Waals surface area contributed by atoms with Crippen molar-refractivity contribution in [1.82, 2.24) is 9.97 Å². The Labute approximate surface area is 125 Å². The molecule has 0 aliphatic carbocycles. The zero-order chi connectivity index (χ0) is 15.2. The Balaban J connectivity index is 1.86. The maximum absolute atomic E-state index is 5.79. The Kier molecular flexibility index (Phi) is 4.98. The normalized spacial score (nSPS) is 10.7. The van der Waals surface area contributed by atoms with Crippen LogP contribution in [0, 0.1) is 6.92 Å². The zero-order valence-corrected chi connectivity index (χ0v) is 12.8. The van der Waals surface area contributed by atoms with Crippen molar-refractivity contribution in [3.8, 4) is 5.75 Å². The van der Waals surface area contributed by atoms with Crippen molar-refractivity contribution in [3.05, 3.63) is 41.7 Å². The summed E-state index contributed by atoms with van der Waals surface area (Å²) in [6.45, 7) is 7.34. The number of aromatic nitrogens is 2. The minimum atomic E-state index is 0.248. The molecule has 3 N–H and O–H groups in total. The highest BCUT2D eigenvalue weighted by molar-refractivity contribution is 5.44. The molecule has 21 heavy (non-hydrogen) atoms. The average Bonchev–Trinajstić information content (AvgIpc) is 2.43. The number of hydrogen-bond acceptors (Lipinski definition) is 5. The molecule has 1 aromatic carbocycles. The summed E-state index contributed by atoms with van der Waals surface area (Å²) in [5.41, 5.74) is 6.97. The molecule has 5 nitrogen and oxygen atoms in total. The molecule has 0 amide bonds. The lowest BCUT2D eigenvalue weighted by Gasteiger charge is -2.11.